The quantitative estimate of drug-likeness (QED) is 0.547. The number of methoxy groups -OCH3 is 1. The molecule has 170 valence electrons. The number of hydrogen-bond donors (Lipinski definition) is 2. The number of rotatable bonds is 8. The summed E-state index contributed by atoms with van der Waals surface area (Å²) in [6.07, 6.45) is 4.71. The number of benzene rings is 1. The van der Waals surface area contributed by atoms with E-state index in [0.717, 1.165) is 25.7 Å². The highest BCUT2D eigenvalue weighted by molar-refractivity contribution is 6.00. The summed E-state index contributed by atoms with van der Waals surface area (Å²) in [5, 5.41) is 24.9. The van der Waals surface area contributed by atoms with Gasteiger partial charge in [-0.15, -0.1) is 0 Å². The first-order valence-electron chi connectivity index (χ1n) is 10.6. The summed E-state index contributed by atoms with van der Waals surface area (Å²) in [4.78, 5) is 15.7. The van der Waals surface area contributed by atoms with Gasteiger partial charge in [-0.25, -0.2) is 9.18 Å². The van der Waals surface area contributed by atoms with E-state index in [1.165, 1.54) is 36.2 Å². The molecular formula is C23H26FN3O5. The van der Waals surface area contributed by atoms with Gasteiger partial charge in [0.1, 0.15) is 34.8 Å². The second kappa shape index (κ2) is 9.22. The van der Waals surface area contributed by atoms with Crippen molar-refractivity contribution in [3.63, 3.8) is 0 Å². The van der Waals surface area contributed by atoms with E-state index in [2.05, 4.69) is 10.1 Å². The first kappa shape index (κ1) is 22.2. The van der Waals surface area contributed by atoms with Gasteiger partial charge in [0.2, 0.25) is 0 Å². The van der Waals surface area contributed by atoms with Crippen molar-refractivity contribution in [3.05, 3.63) is 53.1 Å². The fraction of sp³-hybridized carbons (Fsp3) is 0.435. The van der Waals surface area contributed by atoms with Gasteiger partial charge < -0.3 is 19.7 Å². The fourth-order valence-electron chi connectivity index (χ4n) is 4.22. The van der Waals surface area contributed by atoms with E-state index in [-0.39, 0.29) is 29.3 Å². The van der Waals surface area contributed by atoms with Gasteiger partial charge in [-0.1, -0.05) is 12.8 Å². The van der Waals surface area contributed by atoms with E-state index in [0.29, 0.717) is 16.8 Å². The van der Waals surface area contributed by atoms with Crippen molar-refractivity contribution < 1.29 is 28.9 Å². The Morgan fingerprint density at radius 3 is 2.78 bits per heavy atom. The van der Waals surface area contributed by atoms with Crippen molar-refractivity contribution in [3.8, 4) is 5.75 Å². The molecule has 2 atom stereocenters. The third-order valence-corrected chi connectivity index (χ3v) is 5.90. The minimum absolute atomic E-state index is 0.0388. The standard InChI is InChI=1S/C23H26FN3O5/c1-13-9-17(24)16(10-19(13)31-2)22(28)20(32-14-5-3-4-6-14)12-27-11-18-21(26-27)15(23(29)30)7-8-25-18/h7-11,14,20,22,28H,3-6,12H2,1-2H3,(H,29,30). The summed E-state index contributed by atoms with van der Waals surface area (Å²) >= 11 is 0. The molecule has 1 aliphatic rings. The Hall–Kier alpha value is -3.04. The summed E-state index contributed by atoms with van der Waals surface area (Å²) in [7, 11) is 1.49. The molecule has 2 aromatic heterocycles. The van der Waals surface area contributed by atoms with Crippen LogP contribution >= 0.6 is 0 Å². The molecule has 0 bridgehead atoms. The zero-order valence-corrected chi connectivity index (χ0v) is 18.0. The van der Waals surface area contributed by atoms with Gasteiger partial charge in [0.25, 0.3) is 0 Å². The Labute approximate surface area is 184 Å². The highest BCUT2D eigenvalue weighted by Gasteiger charge is 2.30. The van der Waals surface area contributed by atoms with Crippen LogP contribution in [0.15, 0.2) is 30.6 Å². The number of carboxylic acid groups (broad SMARTS) is 1. The lowest BCUT2D eigenvalue weighted by Crippen LogP contribution is -2.32. The van der Waals surface area contributed by atoms with Crippen LogP contribution in [0.1, 0.15) is 53.3 Å². The summed E-state index contributed by atoms with van der Waals surface area (Å²) in [5.41, 5.74) is 1.41. The number of pyridine rings is 1. The zero-order valence-electron chi connectivity index (χ0n) is 18.0. The number of aliphatic hydroxyl groups is 1. The normalized spacial score (nSPS) is 16.4. The molecule has 1 fully saturated rings. The van der Waals surface area contributed by atoms with Crippen LogP contribution in [0.5, 0.6) is 5.75 Å². The molecule has 2 heterocycles. The van der Waals surface area contributed by atoms with Crippen LogP contribution in [0.4, 0.5) is 4.39 Å². The Kier molecular flexibility index (Phi) is 6.38. The molecule has 1 aliphatic carbocycles. The van der Waals surface area contributed by atoms with E-state index in [4.69, 9.17) is 9.47 Å². The van der Waals surface area contributed by atoms with Gasteiger partial charge in [0, 0.05) is 11.8 Å². The SMILES string of the molecule is COc1cc(C(O)C(Cn2cc3nccc(C(=O)O)c3n2)OC2CCCC2)c(F)cc1C. The lowest BCUT2D eigenvalue weighted by molar-refractivity contribution is -0.0854. The third kappa shape index (κ3) is 4.44. The smallest absolute Gasteiger partial charge is 0.338 e. The predicted molar refractivity (Wildman–Crippen MR) is 114 cm³/mol. The van der Waals surface area contributed by atoms with E-state index >= 15 is 0 Å². The number of halogens is 1. The number of aliphatic hydroxyl groups excluding tert-OH is 1. The van der Waals surface area contributed by atoms with Crippen LogP contribution in [0, 0.1) is 12.7 Å². The number of ether oxygens (including phenoxy) is 2. The minimum atomic E-state index is -1.27. The summed E-state index contributed by atoms with van der Waals surface area (Å²) in [6.45, 7) is 1.83. The van der Waals surface area contributed by atoms with Crippen LogP contribution in [-0.4, -0.2) is 50.3 Å². The first-order valence-corrected chi connectivity index (χ1v) is 10.6. The minimum Gasteiger partial charge on any atom is -0.496 e. The third-order valence-electron chi connectivity index (χ3n) is 5.90. The number of carbonyl (C=O) groups is 1. The van der Waals surface area contributed by atoms with Crippen LogP contribution in [0.25, 0.3) is 11.0 Å². The van der Waals surface area contributed by atoms with E-state index in [1.54, 1.807) is 13.1 Å². The molecule has 4 rings (SSSR count). The molecule has 9 heteroatoms. The monoisotopic (exact) mass is 443 g/mol. The molecule has 0 aliphatic heterocycles. The van der Waals surface area contributed by atoms with Gasteiger partial charge in [0.05, 0.1) is 31.5 Å². The second-order valence-corrected chi connectivity index (χ2v) is 8.12. The first-order chi connectivity index (χ1) is 15.4. The van der Waals surface area contributed by atoms with E-state index in [9.17, 15) is 19.4 Å². The maximum absolute atomic E-state index is 14.8. The molecular weight excluding hydrogens is 417 g/mol. The van der Waals surface area contributed by atoms with Crippen LogP contribution in [-0.2, 0) is 11.3 Å². The molecule has 0 radical (unpaired) electrons. The van der Waals surface area contributed by atoms with Gasteiger partial charge in [-0.2, -0.15) is 5.10 Å². The molecule has 2 N–H and O–H groups in total. The average molecular weight is 443 g/mol. The summed E-state index contributed by atoms with van der Waals surface area (Å²) < 4.78 is 27.8. The van der Waals surface area contributed by atoms with Crippen molar-refractivity contribution in [1.82, 2.24) is 14.8 Å². The highest BCUT2D eigenvalue weighted by Crippen LogP contribution is 2.32. The molecule has 0 spiro atoms. The molecule has 1 saturated carbocycles. The van der Waals surface area contributed by atoms with Gasteiger partial charge in [-0.3, -0.25) is 9.67 Å². The summed E-state index contributed by atoms with van der Waals surface area (Å²) in [5.74, 6) is -1.17. The number of aryl methyl sites for hydroxylation is 1. The maximum atomic E-state index is 14.8. The van der Waals surface area contributed by atoms with Crippen molar-refractivity contribution in [2.45, 2.75) is 57.5 Å². The highest BCUT2D eigenvalue weighted by atomic mass is 19.1. The zero-order chi connectivity index (χ0) is 22.8. The lowest BCUT2D eigenvalue weighted by atomic mass is 10.0. The summed E-state index contributed by atoms with van der Waals surface area (Å²) in [6, 6.07) is 4.20. The average Bonchev–Trinajstić information content (AvgIpc) is 3.41. The molecule has 3 aromatic rings. The number of carboxylic acids is 1. The topological polar surface area (TPSA) is 107 Å². The second-order valence-electron chi connectivity index (χ2n) is 8.12. The largest absolute Gasteiger partial charge is 0.496 e. The van der Waals surface area contributed by atoms with Crippen molar-refractivity contribution in [2.75, 3.05) is 7.11 Å². The molecule has 32 heavy (non-hydrogen) atoms. The lowest BCUT2D eigenvalue weighted by Gasteiger charge is -2.27. The Morgan fingerprint density at radius 2 is 2.09 bits per heavy atom. The molecule has 0 saturated heterocycles. The Bertz CT molecular complexity index is 1130. The van der Waals surface area contributed by atoms with Crippen molar-refractivity contribution in [2.24, 2.45) is 0 Å². The van der Waals surface area contributed by atoms with Gasteiger partial charge >= 0.3 is 5.97 Å². The number of fused-ring (bicyclic) bond motifs is 1. The van der Waals surface area contributed by atoms with Crippen molar-refractivity contribution in [1.29, 1.82) is 0 Å². The van der Waals surface area contributed by atoms with Gasteiger partial charge in [0.15, 0.2) is 0 Å². The van der Waals surface area contributed by atoms with E-state index < -0.39 is 24.0 Å². The van der Waals surface area contributed by atoms with E-state index in [1.807, 2.05) is 0 Å². The number of nitrogens with zero attached hydrogens (tertiary/aromatic N) is 3. The fourth-order valence-corrected chi connectivity index (χ4v) is 4.22. The molecule has 0 amide bonds. The number of aromatic nitrogens is 3. The van der Waals surface area contributed by atoms with Crippen LogP contribution < -0.4 is 4.74 Å². The Balaban J connectivity index is 1.67. The molecule has 2 unspecified atom stereocenters. The van der Waals surface area contributed by atoms with Gasteiger partial charge in [-0.05, 0) is 43.5 Å². The Morgan fingerprint density at radius 1 is 1.34 bits per heavy atom. The van der Waals surface area contributed by atoms with Crippen LogP contribution in [0.3, 0.4) is 0 Å². The van der Waals surface area contributed by atoms with Crippen LogP contribution in [0.2, 0.25) is 0 Å². The van der Waals surface area contributed by atoms with Crippen molar-refractivity contribution >= 4 is 17.0 Å². The number of hydrogen-bond acceptors (Lipinski definition) is 6. The molecule has 8 nitrogen and oxygen atoms in total. The maximum Gasteiger partial charge on any atom is 0.338 e. The molecule has 1 aromatic carbocycles. The number of aromatic carboxylic acids is 1. The predicted octanol–water partition coefficient (Wildman–Crippen LogP) is 3.65.